The third-order valence-corrected chi connectivity index (χ3v) is 2.10. The number of benzene rings is 1. The van der Waals surface area contributed by atoms with Gasteiger partial charge in [0.25, 0.3) is 0 Å². The lowest BCUT2D eigenvalue weighted by molar-refractivity contribution is 1.07. The number of halogens is 1. The third kappa shape index (κ3) is 2.51. The molecule has 0 radical (unpaired) electrons. The van der Waals surface area contributed by atoms with Crippen LogP contribution in [0, 0.1) is 11.3 Å². The van der Waals surface area contributed by atoms with E-state index >= 15 is 0 Å². The second-order valence-corrected chi connectivity index (χ2v) is 3.19. The zero-order valence-corrected chi connectivity index (χ0v) is 8.51. The maximum atomic E-state index is 8.86. The molecular weight excluding hydrogens is 196 g/mol. The minimum absolute atomic E-state index is 0.483. The lowest BCUT2D eigenvalue weighted by Crippen LogP contribution is -2.02. The van der Waals surface area contributed by atoms with E-state index in [1.807, 2.05) is 18.2 Å². The molecule has 0 spiro atoms. The molecule has 3 heteroatoms. The van der Waals surface area contributed by atoms with Gasteiger partial charge >= 0.3 is 0 Å². The highest BCUT2D eigenvalue weighted by Crippen LogP contribution is 2.22. The fourth-order valence-corrected chi connectivity index (χ4v) is 1.31. The number of nitrogens with one attached hydrogen (secondary N) is 1. The summed E-state index contributed by atoms with van der Waals surface area (Å²) in [5, 5.41) is 12.5. The minimum Gasteiger partial charge on any atom is -0.384 e. The van der Waals surface area contributed by atoms with Gasteiger partial charge < -0.3 is 5.32 Å². The smallest absolute Gasteiger partial charge is 0.103 e. The quantitative estimate of drug-likeness (QED) is 0.607. The summed E-state index contributed by atoms with van der Waals surface area (Å²) in [6.45, 7) is 4.38. The van der Waals surface area contributed by atoms with E-state index in [0.29, 0.717) is 10.6 Å². The summed E-state index contributed by atoms with van der Waals surface area (Å²) in [4.78, 5) is 0. The second-order valence-electron chi connectivity index (χ2n) is 2.78. The van der Waals surface area contributed by atoms with Crippen LogP contribution >= 0.6 is 11.6 Å². The molecule has 14 heavy (non-hydrogen) atoms. The van der Waals surface area contributed by atoms with Crippen LogP contribution in [0.2, 0.25) is 5.02 Å². The number of hydrogen-bond donors (Lipinski definition) is 1. The number of nitriles is 1. The Hall–Kier alpha value is -1.46. The van der Waals surface area contributed by atoms with Crippen LogP contribution in [0.1, 0.15) is 12.0 Å². The van der Waals surface area contributed by atoms with Crippen molar-refractivity contribution < 1.29 is 0 Å². The molecule has 0 atom stereocenters. The summed E-state index contributed by atoms with van der Waals surface area (Å²) in [5.74, 6) is 0. The highest BCUT2D eigenvalue weighted by Gasteiger charge is 2.04. The molecule has 0 unspecified atom stereocenters. The molecule has 0 fully saturated rings. The Morgan fingerprint density at radius 1 is 1.57 bits per heavy atom. The molecule has 0 aliphatic carbocycles. The standard InChI is InChI=1S/C11H11ClN2/c1-2-3-7-14-11-6-4-5-10(12)9(11)8-13/h2,4-6,14H,1,3,7H2. The third-order valence-electron chi connectivity index (χ3n) is 1.79. The fourth-order valence-electron chi connectivity index (χ4n) is 1.09. The first-order chi connectivity index (χ1) is 6.79. The highest BCUT2D eigenvalue weighted by atomic mass is 35.5. The van der Waals surface area contributed by atoms with Crippen molar-refractivity contribution in [3.63, 3.8) is 0 Å². The zero-order chi connectivity index (χ0) is 10.4. The molecule has 2 nitrogen and oxygen atoms in total. The van der Waals surface area contributed by atoms with Crippen molar-refractivity contribution in [3.05, 3.63) is 41.4 Å². The van der Waals surface area contributed by atoms with Gasteiger partial charge in [0.1, 0.15) is 6.07 Å². The van der Waals surface area contributed by atoms with E-state index in [0.717, 1.165) is 18.7 Å². The molecule has 0 amide bonds. The predicted molar refractivity (Wildman–Crippen MR) is 59.5 cm³/mol. The van der Waals surface area contributed by atoms with E-state index < -0.39 is 0 Å². The second kappa shape index (κ2) is 5.31. The predicted octanol–water partition coefficient (Wildman–Crippen LogP) is 3.20. The number of rotatable bonds is 4. The first-order valence-corrected chi connectivity index (χ1v) is 4.70. The molecule has 0 saturated carbocycles. The van der Waals surface area contributed by atoms with Crippen LogP contribution in [-0.4, -0.2) is 6.54 Å². The minimum atomic E-state index is 0.483. The Bertz CT molecular complexity index is 366. The van der Waals surface area contributed by atoms with Crippen molar-refractivity contribution >= 4 is 17.3 Å². The molecule has 1 aromatic carbocycles. The maximum absolute atomic E-state index is 8.86. The van der Waals surface area contributed by atoms with Crippen LogP contribution in [0.25, 0.3) is 0 Å². The van der Waals surface area contributed by atoms with Gasteiger partial charge in [0.05, 0.1) is 16.3 Å². The molecule has 0 aliphatic heterocycles. The van der Waals surface area contributed by atoms with E-state index in [1.165, 1.54) is 0 Å². The van der Waals surface area contributed by atoms with E-state index in [4.69, 9.17) is 16.9 Å². The fraction of sp³-hybridized carbons (Fsp3) is 0.182. The largest absolute Gasteiger partial charge is 0.384 e. The van der Waals surface area contributed by atoms with Gasteiger partial charge in [0, 0.05) is 6.54 Å². The molecule has 1 N–H and O–H groups in total. The van der Waals surface area contributed by atoms with Gasteiger partial charge in [-0.15, -0.1) is 6.58 Å². The lowest BCUT2D eigenvalue weighted by atomic mass is 10.2. The van der Waals surface area contributed by atoms with Gasteiger partial charge in [-0.25, -0.2) is 0 Å². The summed E-state index contributed by atoms with van der Waals surface area (Å²) in [7, 11) is 0. The molecule has 0 aromatic heterocycles. The van der Waals surface area contributed by atoms with E-state index in [9.17, 15) is 0 Å². The Balaban J connectivity index is 2.81. The molecular formula is C11H11ClN2. The maximum Gasteiger partial charge on any atom is 0.103 e. The van der Waals surface area contributed by atoms with E-state index in [-0.39, 0.29) is 0 Å². The van der Waals surface area contributed by atoms with Crippen LogP contribution in [0.3, 0.4) is 0 Å². The Morgan fingerprint density at radius 2 is 2.36 bits per heavy atom. The van der Waals surface area contributed by atoms with Gasteiger partial charge in [-0.3, -0.25) is 0 Å². The topological polar surface area (TPSA) is 35.8 Å². The normalized spacial score (nSPS) is 9.14. The van der Waals surface area contributed by atoms with E-state index in [2.05, 4.69) is 18.0 Å². The van der Waals surface area contributed by atoms with Crippen LogP contribution in [0.15, 0.2) is 30.9 Å². The summed E-state index contributed by atoms with van der Waals surface area (Å²) in [6.07, 6.45) is 2.68. The lowest BCUT2D eigenvalue weighted by Gasteiger charge is -2.07. The zero-order valence-electron chi connectivity index (χ0n) is 7.76. The summed E-state index contributed by atoms with van der Waals surface area (Å²) < 4.78 is 0. The van der Waals surface area contributed by atoms with Crippen LogP contribution in [-0.2, 0) is 0 Å². The van der Waals surface area contributed by atoms with Crippen molar-refractivity contribution in [3.8, 4) is 6.07 Å². The number of nitrogens with zero attached hydrogens (tertiary/aromatic N) is 1. The van der Waals surface area contributed by atoms with Gasteiger partial charge in [-0.2, -0.15) is 5.26 Å². The highest BCUT2D eigenvalue weighted by molar-refractivity contribution is 6.32. The van der Waals surface area contributed by atoms with Crippen LogP contribution < -0.4 is 5.32 Å². The average Bonchev–Trinajstić information content (AvgIpc) is 2.18. The molecule has 0 heterocycles. The number of anilines is 1. The van der Waals surface area contributed by atoms with Gasteiger partial charge in [-0.05, 0) is 18.6 Å². The average molecular weight is 207 g/mol. The van der Waals surface area contributed by atoms with Crippen molar-refractivity contribution in [1.29, 1.82) is 5.26 Å². The van der Waals surface area contributed by atoms with Crippen molar-refractivity contribution in [2.45, 2.75) is 6.42 Å². The van der Waals surface area contributed by atoms with Crippen molar-refractivity contribution in [1.82, 2.24) is 0 Å². The van der Waals surface area contributed by atoms with Crippen molar-refractivity contribution in [2.75, 3.05) is 11.9 Å². The Kier molecular flexibility index (Phi) is 4.03. The monoisotopic (exact) mass is 206 g/mol. The summed E-state index contributed by atoms with van der Waals surface area (Å²) in [5.41, 5.74) is 1.28. The Labute approximate surface area is 88.8 Å². The van der Waals surface area contributed by atoms with Gasteiger partial charge in [0.2, 0.25) is 0 Å². The molecule has 0 bridgehead atoms. The first kappa shape index (κ1) is 10.6. The van der Waals surface area contributed by atoms with E-state index in [1.54, 1.807) is 6.07 Å². The molecule has 0 saturated heterocycles. The van der Waals surface area contributed by atoms with Gasteiger partial charge in [0.15, 0.2) is 0 Å². The first-order valence-electron chi connectivity index (χ1n) is 4.33. The van der Waals surface area contributed by atoms with Crippen molar-refractivity contribution in [2.24, 2.45) is 0 Å². The molecule has 1 aromatic rings. The summed E-state index contributed by atoms with van der Waals surface area (Å²) >= 11 is 5.86. The molecule has 1 rings (SSSR count). The SMILES string of the molecule is C=CCCNc1cccc(Cl)c1C#N. The number of hydrogen-bond acceptors (Lipinski definition) is 2. The van der Waals surface area contributed by atoms with Crippen LogP contribution in [0.5, 0.6) is 0 Å². The summed E-state index contributed by atoms with van der Waals surface area (Å²) in [6, 6.07) is 7.44. The molecule has 72 valence electrons. The Morgan fingerprint density at radius 3 is 3.00 bits per heavy atom. The van der Waals surface area contributed by atoms with Crippen LogP contribution in [0.4, 0.5) is 5.69 Å². The van der Waals surface area contributed by atoms with Gasteiger partial charge in [-0.1, -0.05) is 23.7 Å². The molecule has 0 aliphatic rings.